The molecule has 1 rings (SSSR count). The van der Waals surface area contributed by atoms with Gasteiger partial charge in [-0.2, -0.15) is 39.5 Å². The number of halogens is 9. The molecular weight excluding hydrogens is 327 g/mol. The molecule has 9 heteroatoms. The summed E-state index contributed by atoms with van der Waals surface area (Å²) in [5.41, 5.74) is -0.0842. The minimum absolute atomic E-state index is 0.188. The molecule has 0 aromatic heterocycles. The first-order chi connectivity index (χ1) is 9.66. The van der Waals surface area contributed by atoms with E-state index in [-0.39, 0.29) is 6.92 Å². The molecule has 0 aliphatic heterocycles. The average Bonchev–Trinajstić information content (AvgIpc) is 2.23. The molecule has 0 aliphatic carbocycles. The minimum Gasteiger partial charge on any atom is -0.172 e. The topological polar surface area (TPSA) is 0 Å². The van der Waals surface area contributed by atoms with Gasteiger partial charge in [0.2, 0.25) is 0 Å². The Morgan fingerprint density at radius 2 is 1.09 bits per heavy atom. The van der Waals surface area contributed by atoms with Gasteiger partial charge in [-0.3, -0.25) is 0 Å². The summed E-state index contributed by atoms with van der Waals surface area (Å²) in [5.74, 6) is -3.42. The van der Waals surface area contributed by atoms with Crippen LogP contribution >= 0.6 is 0 Å². The summed E-state index contributed by atoms with van der Waals surface area (Å²) in [6.45, 7) is 1.95. The molecule has 0 amide bonds. The van der Waals surface area contributed by atoms with E-state index >= 15 is 0 Å². The van der Waals surface area contributed by atoms with Gasteiger partial charge >= 0.3 is 18.5 Å². The fraction of sp³-hybridized carbons (Fsp3) is 0.538. The quantitative estimate of drug-likeness (QED) is 0.577. The number of alkyl halides is 9. The standard InChI is InChI=1S/C11H10F6.C2H3F3/c1-2-7-3-5-8(6-4-7)9(10(12,13)14)11(15,16)17;1-2(3,4)5/h3-6,9H,2H2,1H3;1H3. The van der Waals surface area contributed by atoms with Gasteiger partial charge in [-0.1, -0.05) is 31.2 Å². The molecule has 0 atom stereocenters. The summed E-state index contributed by atoms with van der Waals surface area (Å²) in [4.78, 5) is 0. The molecule has 1 aromatic rings. The van der Waals surface area contributed by atoms with Gasteiger partial charge in [0.15, 0.2) is 5.92 Å². The van der Waals surface area contributed by atoms with E-state index in [4.69, 9.17) is 0 Å². The van der Waals surface area contributed by atoms with Crippen molar-refractivity contribution < 1.29 is 39.5 Å². The Hall–Kier alpha value is -1.41. The second-order valence-electron chi connectivity index (χ2n) is 4.39. The van der Waals surface area contributed by atoms with Crippen LogP contribution in [-0.4, -0.2) is 18.5 Å². The van der Waals surface area contributed by atoms with Crippen molar-refractivity contribution in [2.75, 3.05) is 0 Å². The zero-order chi connectivity index (χ0) is 17.8. The zero-order valence-electron chi connectivity index (χ0n) is 11.5. The van der Waals surface area contributed by atoms with E-state index in [0.717, 1.165) is 12.1 Å². The predicted octanol–water partition coefficient (Wildman–Crippen LogP) is 6.03. The highest BCUT2D eigenvalue weighted by molar-refractivity contribution is 5.27. The third-order valence-electron chi connectivity index (χ3n) is 2.38. The van der Waals surface area contributed by atoms with Crippen LogP contribution in [0.1, 0.15) is 30.9 Å². The van der Waals surface area contributed by atoms with E-state index in [9.17, 15) is 39.5 Å². The lowest BCUT2D eigenvalue weighted by atomic mass is 9.96. The average molecular weight is 340 g/mol. The van der Waals surface area contributed by atoms with Gasteiger partial charge in [-0.15, -0.1) is 0 Å². The molecule has 1 aromatic carbocycles. The molecule has 0 nitrogen and oxygen atoms in total. The van der Waals surface area contributed by atoms with Crippen molar-refractivity contribution in [1.82, 2.24) is 0 Å². The molecule has 0 bridgehead atoms. The van der Waals surface area contributed by atoms with E-state index in [1.807, 2.05) is 0 Å². The Kier molecular flexibility index (Phi) is 6.77. The molecule has 22 heavy (non-hydrogen) atoms. The number of hydrogen-bond donors (Lipinski definition) is 0. The van der Waals surface area contributed by atoms with E-state index in [1.54, 1.807) is 6.92 Å². The van der Waals surface area contributed by atoms with Crippen LogP contribution in [0.4, 0.5) is 39.5 Å². The molecule has 0 saturated carbocycles. The van der Waals surface area contributed by atoms with Crippen molar-refractivity contribution in [3.8, 4) is 0 Å². The van der Waals surface area contributed by atoms with Gasteiger partial charge in [0, 0.05) is 6.92 Å². The summed E-state index contributed by atoms with van der Waals surface area (Å²) in [5, 5.41) is 0. The highest BCUT2D eigenvalue weighted by Gasteiger charge is 2.57. The van der Waals surface area contributed by atoms with Crippen LogP contribution in [0.2, 0.25) is 0 Å². The van der Waals surface area contributed by atoms with Crippen molar-refractivity contribution in [2.24, 2.45) is 0 Å². The maximum Gasteiger partial charge on any atom is 0.404 e. The Balaban J connectivity index is 0.000000763. The Labute approximate surface area is 120 Å². The molecule has 0 fully saturated rings. The molecule has 0 radical (unpaired) electrons. The van der Waals surface area contributed by atoms with Crippen LogP contribution in [0.5, 0.6) is 0 Å². The number of rotatable bonds is 2. The third kappa shape index (κ3) is 8.14. The van der Waals surface area contributed by atoms with Gasteiger partial charge < -0.3 is 0 Å². The maximum absolute atomic E-state index is 12.4. The molecule has 128 valence electrons. The Morgan fingerprint density at radius 1 is 0.773 bits per heavy atom. The molecular formula is C13H13F9. The normalized spacial score (nSPS) is 12.9. The summed E-state index contributed by atoms with van der Waals surface area (Å²) in [6, 6.07) is 4.31. The van der Waals surface area contributed by atoms with Gasteiger partial charge in [0.05, 0.1) is 0 Å². The van der Waals surface area contributed by atoms with Gasteiger partial charge in [0.25, 0.3) is 0 Å². The van der Waals surface area contributed by atoms with E-state index in [1.165, 1.54) is 12.1 Å². The Bertz CT molecular complexity index is 417. The van der Waals surface area contributed by atoms with Crippen LogP contribution in [0.15, 0.2) is 24.3 Å². The fourth-order valence-electron chi connectivity index (χ4n) is 1.51. The highest BCUT2D eigenvalue weighted by Crippen LogP contribution is 2.46. The largest absolute Gasteiger partial charge is 0.404 e. The van der Waals surface area contributed by atoms with Gasteiger partial charge in [-0.05, 0) is 17.5 Å². The lowest BCUT2D eigenvalue weighted by molar-refractivity contribution is -0.253. The van der Waals surface area contributed by atoms with Crippen molar-refractivity contribution >= 4 is 0 Å². The maximum atomic E-state index is 12.4. The molecule has 0 saturated heterocycles. The summed E-state index contributed by atoms with van der Waals surface area (Å²) in [6.07, 6.45) is -14.1. The van der Waals surface area contributed by atoms with Crippen molar-refractivity contribution in [1.29, 1.82) is 0 Å². The van der Waals surface area contributed by atoms with E-state index in [2.05, 4.69) is 0 Å². The highest BCUT2D eigenvalue weighted by atomic mass is 19.4. The third-order valence-corrected chi connectivity index (χ3v) is 2.38. The molecule has 0 N–H and O–H groups in total. The number of benzene rings is 1. The summed E-state index contributed by atoms with van der Waals surface area (Å²) < 4.78 is 105. The Morgan fingerprint density at radius 3 is 1.32 bits per heavy atom. The SMILES string of the molecule is CC(F)(F)F.CCc1ccc(C(C(F)(F)F)C(F)(F)F)cc1. The zero-order valence-corrected chi connectivity index (χ0v) is 11.5. The summed E-state index contributed by atoms with van der Waals surface area (Å²) in [7, 11) is 0. The van der Waals surface area contributed by atoms with Crippen molar-refractivity contribution in [2.45, 2.75) is 44.7 Å². The molecule has 0 spiro atoms. The first kappa shape index (κ1) is 20.6. The minimum atomic E-state index is -5.33. The first-order valence-corrected chi connectivity index (χ1v) is 5.95. The lowest BCUT2D eigenvalue weighted by Crippen LogP contribution is -2.34. The lowest BCUT2D eigenvalue weighted by Gasteiger charge is -2.23. The first-order valence-electron chi connectivity index (χ1n) is 5.95. The van der Waals surface area contributed by atoms with Gasteiger partial charge in [0.1, 0.15) is 0 Å². The van der Waals surface area contributed by atoms with Crippen LogP contribution in [-0.2, 0) is 6.42 Å². The summed E-state index contributed by atoms with van der Waals surface area (Å²) >= 11 is 0. The van der Waals surface area contributed by atoms with Crippen LogP contribution in [0.3, 0.4) is 0 Å². The van der Waals surface area contributed by atoms with Crippen LogP contribution in [0, 0.1) is 0 Å². The predicted molar refractivity (Wildman–Crippen MR) is 62.4 cm³/mol. The van der Waals surface area contributed by atoms with Gasteiger partial charge in [-0.25, -0.2) is 0 Å². The van der Waals surface area contributed by atoms with Crippen LogP contribution < -0.4 is 0 Å². The molecule has 0 aliphatic rings. The number of aryl methyl sites for hydroxylation is 1. The van der Waals surface area contributed by atoms with Crippen molar-refractivity contribution in [3.63, 3.8) is 0 Å². The smallest absolute Gasteiger partial charge is 0.172 e. The van der Waals surface area contributed by atoms with Crippen LogP contribution in [0.25, 0.3) is 0 Å². The fourth-order valence-corrected chi connectivity index (χ4v) is 1.51. The second-order valence-corrected chi connectivity index (χ2v) is 4.39. The molecule has 0 unspecified atom stereocenters. The number of hydrogen-bond acceptors (Lipinski definition) is 0. The van der Waals surface area contributed by atoms with E-state index < -0.39 is 30.0 Å². The monoisotopic (exact) mass is 340 g/mol. The van der Waals surface area contributed by atoms with E-state index in [0.29, 0.717) is 12.0 Å². The molecule has 0 heterocycles. The van der Waals surface area contributed by atoms with Crippen molar-refractivity contribution in [3.05, 3.63) is 35.4 Å². The second kappa shape index (κ2) is 7.23.